The Morgan fingerprint density at radius 3 is 3.00 bits per heavy atom. The van der Waals surface area contributed by atoms with Gasteiger partial charge in [0.05, 0.1) is 24.2 Å². The fraction of sp³-hybridized carbons (Fsp3) is 0.455. The predicted octanol–water partition coefficient (Wildman–Crippen LogP) is 0.377. The second-order valence-corrected chi connectivity index (χ2v) is 4.85. The Bertz CT molecular complexity index is 617. The van der Waals surface area contributed by atoms with E-state index in [1.54, 1.807) is 6.20 Å². The van der Waals surface area contributed by atoms with Crippen molar-refractivity contribution in [2.45, 2.75) is 24.7 Å². The molecular weight excluding hydrogens is 272 g/mol. The van der Waals surface area contributed by atoms with E-state index in [0.717, 1.165) is 5.56 Å². The Hall–Kier alpha value is -1.41. The Labute approximate surface area is 113 Å². The van der Waals surface area contributed by atoms with Crippen LogP contribution in [0.1, 0.15) is 18.1 Å². The molecule has 0 radical (unpaired) electrons. The Kier molecular flexibility index (Phi) is 3.06. The Morgan fingerprint density at radius 1 is 1.53 bits per heavy atom. The van der Waals surface area contributed by atoms with E-state index in [1.165, 1.54) is 0 Å². The van der Waals surface area contributed by atoms with E-state index in [-0.39, 0.29) is 23.8 Å². The number of hydrogen-bond donors (Lipinski definition) is 4. The summed E-state index contributed by atoms with van der Waals surface area (Å²) in [6.07, 6.45) is 0.461. The fourth-order valence-electron chi connectivity index (χ4n) is 2.38. The SMILES string of the molecule is Nc1nc(Cl)c2c(C3C[C@H](O)[C@@H](CO)O3)c[nH]c2n1. The maximum Gasteiger partial charge on any atom is 0.223 e. The van der Waals surface area contributed by atoms with Crippen LogP contribution in [-0.2, 0) is 4.74 Å². The summed E-state index contributed by atoms with van der Waals surface area (Å²) in [5, 5.41) is 19.7. The first kappa shape index (κ1) is 12.6. The molecule has 0 aromatic carbocycles. The quantitative estimate of drug-likeness (QED) is 0.592. The van der Waals surface area contributed by atoms with Gasteiger partial charge in [0.25, 0.3) is 0 Å². The van der Waals surface area contributed by atoms with E-state index >= 15 is 0 Å². The zero-order valence-corrected chi connectivity index (χ0v) is 10.6. The number of aromatic amines is 1. The highest BCUT2D eigenvalue weighted by Gasteiger charge is 2.35. The van der Waals surface area contributed by atoms with Gasteiger partial charge in [0.15, 0.2) is 0 Å². The average molecular weight is 285 g/mol. The first-order valence-corrected chi connectivity index (χ1v) is 6.22. The maximum atomic E-state index is 9.76. The summed E-state index contributed by atoms with van der Waals surface area (Å²) in [5.74, 6) is 0.0894. The molecule has 1 saturated heterocycles. The van der Waals surface area contributed by atoms with Gasteiger partial charge in [-0.05, 0) is 0 Å². The van der Waals surface area contributed by atoms with Crippen LogP contribution < -0.4 is 5.73 Å². The van der Waals surface area contributed by atoms with Gasteiger partial charge in [-0.3, -0.25) is 0 Å². The summed E-state index contributed by atoms with van der Waals surface area (Å²) in [6.45, 7) is -0.225. The van der Waals surface area contributed by atoms with Crippen molar-refractivity contribution in [1.29, 1.82) is 0 Å². The number of nitrogen functional groups attached to an aromatic ring is 1. The number of nitrogens with two attached hydrogens (primary N) is 1. The van der Waals surface area contributed by atoms with Crippen molar-refractivity contribution in [2.75, 3.05) is 12.3 Å². The van der Waals surface area contributed by atoms with Crippen LogP contribution in [-0.4, -0.2) is 44.0 Å². The molecule has 3 rings (SSSR count). The highest BCUT2D eigenvalue weighted by atomic mass is 35.5. The van der Waals surface area contributed by atoms with Crippen LogP contribution in [0, 0.1) is 0 Å². The van der Waals surface area contributed by atoms with Crippen molar-refractivity contribution in [2.24, 2.45) is 0 Å². The van der Waals surface area contributed by atoms with E-state index < -0.39 is 12.2 Å². The Morgan fingerprint density at radius 2 is 2.32 bits per heavy atom. The molecule has 1 aliphatic rings. The molecule has 102 valence electrons. The lowest BCUT2D eigenvalue weighted by Gasteiger charge is -2.11. The molecule has 3 atom stereocenters. The first-order valence-electron chi connectivity index (χ1n) is 5.84. The number of halogens is 1. The summed E-state index contributed by atoms with van der Waals surface area (Å²) in [4.78, 5) is 10.9. The molecule has 0 amide bonds. The van der Waals surface area contributed by atoms with E-state index in [2.05, 4.69) is 15.0 Å². The molecule has 5 N–H and O–H groups in total. The number of ether oxygens (including phenoxy) is 1. The number of aliphatic hydroxyl groups excluding tert-OH is 2. The van der Waals surface area contributed by atoms with Crippen molar-refractivity contribution < 1.29 is 14.9 Å². The molecule has 1 unspecified atom stereocenters. The van der Waals surface area contributed by atoms with Crippen LogP contribution in [0.4, 0.5) is 5.95 Å². The number of fused-ring (bicyclic) bond motifs is 1. The van der Waals surface area contributed by atoms with Gasteiger partial charge in [-0.1, -0.05) is 11.6 Å². The predicted molar refractivity (Wildman–Crippen MR) is 68.6 cm³/mol. The lowest BCUT2D eigenvalue weighted by molar-refractivity contribution is -0.0222. The average Bonchev–Trinajstić information content (AvgIpc) is 2.92. The van der Waals surface area contributed by atoms with Gasteiger partial charge in [-0.25, -0.2) is 4.98 Å². The number of aromatic nitrogens is 3. The Balaban J connectivity index is 2.03. The summed E-state index contributed by atoms with van der Waals surface area (Å²) >= 11 is 6.08. The minimum absolute atomic E-state index is 0.0894. The van der Waals surface area contributed by atoms with Gasteiger partial charge in [-0.2, -0.15) is 4.98 Å². The largest absolute Gasteiger partial charge is 0.394 e. The molecule has 8 heteroatoms. The number of H-pyrrole nitrogens is 1. The summed E-state index contributed by atoms with van der Waals surface area (Å²) in [7, 11) is 0. The van der Waals surface area contributed by atoms with Gasteiger partial charge in [0.2, 0.25) is 5.95 Å². The second kappa shape index (κ2) is 4.61. The number of nitrogens with zero attached hydrogens (tertiary/aromatic N) is 2. The lowest BCUT2D eigenvalue weighted by Crippen LogP contribution is -2.24. The third-order valence-electron chi connectivity index (χ3n) is 3.29. The van der Waals surface area contributed by atoms with Gasteiger partial charge in [0.1, 0.15) is 16.9 Å². The third kappa shape index (κ3) is 2.04. The molecular formula is C11H13ClN4O3. The molecule has 0 spiro atoms. The van der Waals surface area contributed by atoms with Gasteiger partial charge in [0, 0.05) is 18.2 Å². The van der Waals surface area contributed by atoms with Crippen molar-refractivity contribution in [3.8, 4) is 0 Å². The van der Waals surface area contributed by atoms with Gasteiger partial charge >= 0.3 is 0 Å². The second-order valence-electron chi connectivity index (χ2n) is 4.49. The summed E-state index contributed by atoms with van der Waals surface area (Å²) in [5.41, 5.74) is 6.81. The minimum atomic E-state index is -0.701. The van der Waals surface area contributed by atoms with E-state index in [9.17, 15) is 5.11 Å². The molecule has 1 aliphatic heterocycles. The molecule has 2 aromatic rings. The summed E-state index contributed by atoms with van der Waals surface area (Å²) in [6, 6.07) is 0. The number of aliphatic hydroxyl groups is 2. The minimum Gasteiger partial charge on any atom is -0.394 e. The van der Waals surface area contributed by atoms with Crippen LogP contribution in [0.2, 0.25) is 5.15 Å². The maximum absolute atomic E-state index is 9.76. The smallest absolute Gasteiger partial charge is 0.223 e. The van der Waals surface area contributed by atoms with E-state index in [4.69, 9.17) is 27.2 Å². The highest BCUT2D eigenvalue weighted by Crippen LogP contribution is 2.38. The van der Waals surface area contributed by atoms with Crippen LogP contribution in [0.3, 0.4) is 0 Å². The zero-order valence-electron chi connectivity index (χ0n) is 9.88. The third-order valence-corrected chi connectivity index (χ3v) is 3.56. The molecule has 7 nitrogen and oxygen atoms in total. The van der Waals surface area contributed by atoms with Crippen LogP contribution >= 0.6 is 11.6 Å². The topological polar surface area (TPSA) is 117 Å². The molecule has 1 fully saturated rings. The molecule has 19 heavy (non-hydrogen) atoms. The zero-order chi connectivity index (χ0) is 13.6. The monoisotopic (exact) mass is 284 g/mol. The van der Waals surface area contributed by atoms with Crippen molar-refractivity contribution in [3.05, 3.63) is 16.9 Å². The van der Waals surface area contributed by atoms with E-state index in [1.807, 2.05) is 0 Å². The van der Waals surface area contributed by atoms with Crippen molar-refractivity contribution in [1.82, 2.24) is 15.0 Å². The number of hydrogen-bond acceptors (Lipinski definition) is 6. The normalized spacial score (nSPS) is 27.2. The van der Waals surface area contributed by atoms with Crippen LogP contribution in [0.15, 0.2) is 6.20 Å². The standard InChI is InChI=1S/C11H13ClN4O3/c12-9-8-4(2-14-10(8)16-11(13)15-9)6-1-5(18)7(3-17)19-6/h2,5-7,17-18H,1,3H2,(H3,13,14,15,16)/t5-,6?,7+/m0/s1. The highest BCUT2D eigenvalue weighted by molar-refractivity contribution is 6.34. The molecule has 2 aromatic heterocycles. The van der Waals surface area contributed by atoms with Crippen LogP contribution in [0.5, 0.6) is 0 Å². The van der Waals surface area contributed by atoms with Gasteiger partial charge < -0.3 is 25.7 Å². The molecule has 3 heterocycles. The number of nitrogens with one attached hydrogen (secondary N) is 1. The molecule has 0 aliphatic carbocycles. The lowest BCUT2D eigenvalue weighted by atomic mass is 10.1. The molecule has 0 bridgehead atoms. The van der Waals surface area contributed by atoms with E-state index in [0.29, 0.717) is 17.5 Å². The summed E-state index contributed by atoms with van der Waals surface area (Å²) < 4.78 is 5.60. The van der Waals surface area contributed by atoms with Crippen molar-refractivity contribution in [3.63, 3.8) is 0 Å². The van der Waals surface area contributed by atoms with Gasteiger partial charge in [-0.15, -0.1) is 0 Å². The van der Waals surface area contributed by atoms with Crippen molar-refractivity contribution >= 4 is 28.6 Å². The molecule has 0 saturated carbocycles. The number of anilines is 1. The number of rotatable bonds is 2. The fourth-order valence-corrected chi connectivity index (χ4v) is 2.66. The first-order chi connectivity index (χ1) is 9.10. The van der Waals surface area contributed by atoms with Crippen LogP contribution in [0.25, 0.3) is 11.0 Å².